The zero-order chi connectivity index (χ0) is 15.4. The van der Waals surface area contributed by atoms with Crippen LogP contribution in [0.15, 0.2) is 22.6 Å². The first-order valence-electron chi connectivity index (χ1n) is 6.49. The largest absolute Gasteiger partial charge is 0.505 e. The van der Waals surface area contributed by atoms with Gasteiger partial charge in [-0.25, -0.2) is 0 Å². The maximum atomic E-state index is 11.8. The molecule has 0 saturated heterocycles. The second-order valence-corrected chi connectivity index (χ2v) is 5.18. The molecule has 0 aliphatic carbocycles. The van der Waals surface area contributed by atoms with Gasteiger partial charge in [0.1, 0.15) is 5.57 Å². The van der Waals surface area contributed by atoms with Gasteiger partial charge in [-0.1, -0.05) is 0 Å². The van der Waals surface area contributed by atoms with Crippen LogP contribution in [0.5, 0.6) is 0 Å². The summed E-state index contributed by atoms with van der Waals surface area (Å²) in [6, 6.07) is 0. The van der Waals surface area contributed by atoms with Crippen molar-refractivity contribution in [1.29, 1.82) is 5.41 Å². The van der Waals surface area contributed by atoms with Crippen molar-refractivity contribution in [2.45, 2.75) is 45.8 Å². The minimum absolute atomic E-state index is 0.00347. The zero-order valence-corrected chi connectivity index (χ0v) is 12.3. The Hall–Kier alpha value is -1.66. The molecule has 1 aliphatic heterocycles. The summed E-state index contributed by atoms with van der Waals surface area (Å²) in [5.41, 5.74) is 1.11. The predicted molar refractivity (Wildman–Crippen MR) is 75.6 cm³/mol. The molecule has 6 nitrogen and oxygen atoms in total. The van der Waals surface area contributed by atoms with Crippen LogP contribution in [0.3, 0.4) is 0 Å². The third kappa shape index (κ3) is 3.68. The number of rotatable bonds is 6. The van der Waals surface area contributed by atoms with Crippen LogP contribution in [0.4, 0.5) is 0 Å². The van der Waals surface area contributed by atoms with E-state index >= 15 is 0 Å². The van der Waals surface area contributed by atoms with Gasteiger partial charge in [-0.15, -0.1) is 0 Å². The van der Waals surface area contributed by atoms with Gasteiger partial charge in [0.05, 0.1) is 23.6 Å². The van der Waals surface area contributed by atoms with Gasteiger partial charge in [0.15, 0.2) is 5.76 Å². The first-order valence-corrected chi connectivity index (χ1v) is 6.49. The highest BCUT2D eigenvalue weighted by atomic mass is 16.5. The van der Waals surface area contributed by atoms with E-state index in [4.69, 9.17) is 10.1 Å². The molecular formula is C14H22N2O4. The predicted octanol–water partition coefficient (Wildman–Crippen LogP) is 1.42. The Labute approximate surface area is 118 Å². The van der Waals surface area contributed by atoms with Crippen LogP contribution in [0.1, 0.15) is 33.6 Å². The van der Waals surface area contributed by atoms with E-state index < -0.39 is 12.0 Å². The second kappa shape index (κ2) is 6.67. The molecule has 1 rings (SSSR count). The Morgan fingerprint density at radius 2 is 2.05 bits per heavy atom. The number of aliphatic hydroxyl groups excluding tert-OH is 2. The van der Waals surface area contributed by atoms with Gasteiger partial charge in [-0.2, -0.15) is 0 Å². The van der Waals surface area contributed by atoms with E-state index in [1.54, 1.807) is 20.8 Å². The van der Waals surface area contributed by atoms with Crippen LogP contribution in [0, 0.1) is 5.41 Å². The van der Waals surface area contributed by atoms with E-state index in [1.165, 1.54) is 7.11 Å². The number of hydrogen-bond acceptors (Lipinski definition) is 5. The fourth-order valence-electron chi connectivity index (χ4n) is 2.08. The lowest BCUT2D eigenvalue weighted by atomic mass is 10.0. The van der Waals surface area contributed by atoms with Crippen molar-refractivity contribution in [3.05, 3.63) is 22.6 Å². The van der Waals surface area contributed by atoms with Crippen molar-refractivity contribution in [3.63, 3.8) is 0 Å². The van der Waals surface area contributed by atoms with Crippen LogP contribution in [0.2, 0.25) is 0 Å². The van der Waals surface area contributed by atoms with E-state index in [0.717, 1.165) is 5.57 Å². The molecule has 0 spiro atoms. The summed E-state index contributed by atoms with van der Waals surface area (Å²) >= 11 is 0. The van der Waals surface area contributed by atoms with E-state index in [1.807, 2.05) is 0 Å². The molecule has 2 unspecified atom stereocenters. The molecule has 0 aromatic rings. The van der Waals surface area contributed by atoms with Crippen LogP contribution in [-0.4, -0.2) is 41.1 Å². The standard InChI is InChI=1S/C14H22N2O4/c1-7(2)12-13(18)11(14(19)16-12)10(15)6-9(20-4)5-8(3)17/h8-9,15,17-18H,5-6H2,1-4H3,(H,16,19). The van der Waals surface area contributed by atoms with Crippen molar-refractivity contribution in [1.82, 2.24) is 5.32 Å². The van der Waals surface area contributed by atoms with Crippen LogP contribution < -0.4 is 5.32 Å². The number of carbonyl (C=O) groups excluding carboxylic acids is 1. The fourth-order valence-corrected chi connectivity index (χ4v) is 2.08. The van der Waals surface area contributed by atoms with E-state index in [-0.39, 0.29) is 29.6 Å². The van der Waals surface area contributed by atoms with Gasteiger partial charge < -0.3 is 25.7 Å². The maximum Gasteiger partial charge on any atom is 0.261 e. The molecular weight excluding hydrogens is 260 g/mol. The smallest absolute Gasteiger partial charge is 0.261 e. The lowest BCUT2D eigenvalue weighted by Crippen LogP contribution is -2.25. The van der Waals surface area contributed by atoms with Gasteiger partial charge in [-0.3, -0.25) is 4.79 Å². The van der Waals surface area contributed by atoms with Crippen LogP contribution in [0.25, 0.3) is 0 Å². The number of allylic oxidation sites excluding steroid dienone is 1. The van der Waals surface area contributed by atoms with Crippen LogP contribution >= 0.6 is 0 Å². The van der Waals surface area contributed by atoms with Crippen molar-refractivity contribution in [2.75, 3.05) is 7.11 Å². The van der Waals surface area contributed by atoms with Crippen molar-refractivity contribution < 1.29 is 19.7 Å². The average Bonchev–Trinajstić information content (AvgIpc) is 2.63. The molecule has 0 aromatic heterocycles. The number of carbonyl (C=O) groups is 1. The normalized spacial score (nSPS) is 18.1. The van der Waals surface area contributed by atoms with Gasteiger partial charge in [0.25, 0.3) is 5.91 Å². The topological polar surface area (TPSA) is 103 Å². The molecule has 1 amide bonds. The molecule has 0 saturated carbocycles. The maximum absolute atomic E-state index is 11.8. The van der Waals surface area contributed by atoms with Crippen molar-refractivity contribution in [2.24, 2.45) is 0 Å². The Balaban J connectivity index is 2.91. The number of aliphatic hydroxyl groups is 2. The zero-order valence-electron chi connectivity index (χ0n) is 12.3. The molecule has 0 fully saturated rings. The number of hydrogen-bond donors (Lipinski definition) is 4. The summed E-state index contributed by atoms with van der Waals surface area (Å²) in [6.45, 7) is 5.17. The average molecular weight is 282 g/mol. The summed E-state index contributed by atoms with van der Waals surface area (Å²) in [6.07, 6.45) is -0.402. The molecule has 0 aromatic carbocycles. The number of methoxy groups -OCH3 is 1. The summed E-state index contributed by atoms with van der Waals surface area (Å²) in [4.78, 5) is 11.8. The molecule has 1 heterocycles. The lowest BCUT2D eigenvalue weighted by molar-refractivity contribution is -0.115. The van der Waals surface area contributed by atoms with Gasteiger partial charge >= 0.3 is 0 Å². The summed E-state index contributed by atoms with van der Waals surface area (Å²) in [7, 11) is 1.49. The van der Waals surface area contributed by atoms with Gasteiger partial charge in [0.2, 0.25) is 0 Å². The molecule has 0 bridgehead atoms. The summed E-state index contributed by atoms with van der Waals surface area (Å²) in [5, 5.41) is 29.9. The second-order valence-electron chi connectivity index (χ2n) is 5.18. The fraction of sp³-hybridized carbons (Fsp3) is 0.571. The molecule has 0 radical (unpaired) electrons. The first-order chi connectivity index (χ1) is 9.27. The highest BCUT2D eigenvalue weighted by Gasteiger charge is 2.31. The van der Waals surface area contributed by atoms with Crippen LogP contribution in [-0.2, 0) is 9.53 Å². The third-order valence-electron chi connectivity index (χ3n) is 3.11. The molecule has 112 valence electrons. The minimum atomic E-state index is -0.555. The first kappa shape index (κ1) is 16.4. The SMILES string of the molecule is COC(CC(=N)C1=C(O)C(=C(C)C)NC1=O)CC(C)O. The van der Waals surface area contributed by atoms with Gasteiger partial charge in [0, 0.05) is 13.5 Å². The molecule has 2 atom stereocenters. The minimum Gasteiger partial charge on any atom is -0.505 e. The number of amides is 1. The van der Waals surface area contributed by atoms with Gasteiger partial charge in [-0.05, 0) is 32.8 Å². The van der Waals surface area contributed by atoms with E-state index in [0.29, 0.717) is 12.1 Å². The summed E-state index contributed by atoms with van der Waals surface area (Å²) in [5.74, 6) is -0.664. The Kier molecular flexibility index (Phi) is 5.47. The molecule has 1 aliphatic rings. The Morgan fingerprint density at radius 3 is 2.45 bits per heavy atom. The third-order valence-corrected chi connectivity index (χ3v) is 3.11. The van der Waals surface area contributed by atoms with E-state index in [9.17, 15) is 15.0 Å². The Morgan fingerprint density at radius 1 is 1.45 bits per heavy atom. The summed E-state index contributed by atoms with van der Waals surface area (Å²) < 4.78 is 5.19. The van der Waals surface area contributed by atoms with Crippen molar-refractivity contribution in [3.8, 4) is 0 Å². The van der Waals surface area contributed by atoms with E-state index in [2.05, 4.69) is 5.32 Å². The number of nitrogens with one attached hydrogen (secondary N) is 2. The number of ether oxygens (including phenoxy) is 1. The lowest BCUT2D eigenvalue weighted by Gasteiger charge is -2.17. The van der Waals surface area contributed by atoms with Crippen molar-refractivity contribution >= 4 is 11.6 Å². The monoisotopic (exact) mass is 282 g/mol. The molecule has 6 heteroatoms. The molecule has 4 N–H and O–H groups in total. The molecule has 20 heavy (non-hydrogen) atoms. The highest BCUT2D eigenvalue weighted by molar-refractivity contribution is 6.23. The quantitative estimate of drug-likeness (QED) is 0.553. The highest BCUT2D eigenvalue weighted by Crippen LogP contribution is 2.24. The Bertz CT molecular complexity index is 474.